The van der Waals surface area contributed by atoms with Crippen LogP contribution in [0, 0.1) is 13.8 Å². The highest BCUT2D eigenvalue weighted by Crippen LogP contribution is 2.16. The maximum atomic E-state index is 12.5. The number of hydrogen-bond acceptors (Lipinski definition) is 3. The van der Waals surface area contributed by atoms with E-state index in [-0.39, 0.29) is 11.8 Å². The third-order valence-corrected chi connectivity index (χ3v) is 3.65. The predicted molar refractivity (Wildman–Crippen MR) is 82.3 cm³/mol. The molecule has 0 saturated heterocycles. The van der Waals surface area contributed by atoms with Gasteiger partial charge in [0.1, 0.15) is 11.5 Å². The molecule has 1 heterocycles. The van der Waals surface area contributed by atoms with Gasteiger partial charge in [-0.1, -0.05) is 0 Å². The molecule has 2 amide bonds. The summed E-state index contributed by atoms with van der Waals surface area (Å²) in [5.74, 6) is 1.38. The zero-order chi connectivity index (χ0) is 16.0. The van der Waals surface area contributed by atoms with Crippen LogP contribution in [0.5, 0.6) is 0 Å². The molecule has 1 aromatic rings. The number of nitrogens with zero attached hydrogens (tertiary/aromatic N) is 2. The summed E-state index contributed by atoms with van der Waals surface area (Å²) in [6.45, 7) is 11.9. The van der Waals surface area contributed by atoms with Crippen molar-refractivity contribution in [1.82, 2.24) is 9.80 Å². The molecule has 0 saturated carbocycles. The van der Waals surface area contributed by atoms with Crippen LogP contribution in [-0.4, -0.2) is 47.8 Å². The first-order chi connectivity index (χ1) is 9.94. The Hall–Kier alpha value is -1.78. The molecule has 21 heavy (non-hydrogen) atoms. The summed E-state index contributed by atoms with van der Waals surface area (Å²) in [7, 11) is 0. The average Bonchev–Trinajstić information content (AvgIpc) is 2.79. The van der Waals surface area contributed by atoms with Gasteiger partial charge >= 0.3 is 0 Å². The van der Waals surface area contributed by atoms with Crippen LogP contribution in [0.1, 0.15) is 49.1 Å². The Morgan fingerprint density at radius 3 is 2.05 bits per heavy atom. The molecule has 0 aliphatic heterocycles. The zero-order valence-electron chi connectivity index (χ0n) is 13.7. The molecule has 0 aliphatic carbocycles. The SMILES string of the molecule is CCN(CC)C(=O)CCN(CC)C(=O)c1cc(C)oc1C. The van der Waals surface area contributed by atoms with Crippen molar-refractivity contribution < 1.29 is 14.0 Å². The van der Waals surface area contributed by atoms with E-state index < -0.39 is 0 Å². The summed E-state index contributed by atoms with van der Waals surface area (Å²) >= 11 is 0. The molecule has 0 spiro atoms. The Labute approximate surface area is 126 Å². The van der Waals surface area contributed by atoms with Crippen LogP contribution < -0.4 is 0 Å². The number of amides is 2. The molecule has 0 bridgehead atoms. The van der Waals surface area contributed by atoms with E-state index in [1.54, 1.807) is 22.8 Å². The van der Waals surface area contributed by atoms with E-state index >= 15 is 0 Å². The lowest BCUT2D eigenvalue weighted by molar-refractivity contribution is -0.131. The molecule has 1 rings (SSSR count). The smallest absolute Gasteiger partial charge is 0.257 e. The van der Waals surface area contributed by atoms with Crippen LogP contribution >= 0.6 is 0 Å². The molecule has 1 aromatic heterocycles. The molecule has 0 atom stereocenters. The molecule has 118 valence electrons. The second kappa shape index (κ2) is 7.86. The van der Waals surface area contributed by atoms with E-state index in [1.807, 2.05) is 27.7 Å². The maximum Gasteiger partial charge on any atom is 0.257 e. The van der Waals surface area contributed by atoms with Gasteiger partial charge in [0.05, 0.1) is 5.56 Å². The van der Waals surface area contributed by atoms with Crippen LogP contribution in [0.3, 0.4) is 0 Å². The van der Waals surface area contributed by atoms with Gasteiger partial charge in [0.2, 0.25) is 5.91 Å². The third kappa shape index (κ3) is 4.34. The molecule has 0 aromatic carbocycles. The fourth-order valence-corrected chi connectivity index (χ4v) is 2.38. The van der Waals surface area contributed by atoms with E-state index in [4.69, 9.17) is 4.42 Å². The first kappa shape index (κ1) is 17.3. The van der Waals surface area contributed by atoms with Crippen molar-refractivity contribution in [3.8, 4) is 0 Å². The van der Waals surface area contributed by atoms with Gasteiger partial charge in [0.15, 0.2) is 0 Å². The summed E-state index contributed by atoms with van der Waals surface area (Å²) in [5, 5.41) is 0. The van der Waals surface area contributed by atoms with Gasteiger partial charge in [-0.15, -0.1) is 0 Å². The second-order valence-corrected chi connectivity index (χ2v) is 5.03. The van der Waals surface area contributed by atoms with Crippen molar-refractivity contribution in [1.29, 1.82) is 0 Å². The lowest BCUT2D eigenvalue weighted by atomic mass is 10.2. The van der Waals surface area contributed by atoms with Crippen LogP contribution in [0.25, 0.3) is 0 Å². The minimum atomic E-state index is -0.0702. The van der Waals surface area contributed by atoms with Gasteiger partial charge in [-0.25, -0.2) is 0 Å². The monoisotopic (exact) mass is 294 g/mol. The highest BCUT2D eigenvalue weighted by atomic mass is 16.3. The van der Waals surface area contributed by atoms with E-state index in [0.29, 0.717) is 43.9 Å². The largest absolute Gasteiger partial charge is 0.466 e. The van der Waals surface area contributed by atoms with Crippen LogP contribution in [0.2, 0.25) is 0 Å². The molecular weight excluding hydrogens is 268 g/mol. The molecular formula is C16H26N2O3. The van der Waals surface area contributed by atoms with Gasteiger partial charge in [-0.05, 0) is 40.7 Å². The van der Waals surface area contributed by atoms with Crippen molar-refractivity contribution in [3.05, 3.63) is 23.2 Å². The summed E-state index contributed by atoms with van der Waals surface area (Å²) in [6, 6.07) is 1.76. The standard InChI is InChI=1S/C16H26N2O3/c1-6-17(7-2)15(19)9-10-18(8-3)16(20)14-11-12(4)21-13(14)5/h11H,6-10H2,1-5H3. The fourth-order valence-electron chi connectivity index (χ4n) is 2.38. The normalized spacial score (nSPS) is 10.5. The lowest BCUT2D eigenvalue weighted by Gasteiger charge is -2.23. The summed E-state index contributed by atoms with van der Waals surface area (Å²) in [5.41, 5.74) is 0.588. The summed E-state index contributed by atoms with van der Waals surface area (Å²) in [6.07, 6.45) is 0.358. The molecule has 0 fully saturated rings. The van der Waals surface area contributed by atoms with Crippen LogP contribution in [0.4, 0.5) is 0 Å². The average molecular weight is 294 g/mol. The van der Waals surface area contributed by atoms with Crippen LogP contribution in [-0.2, 0) is 4.79 Å². The highest BCUT2D eigenvalue weighted by molar-refractivity contribution is 5.95. The second-order valence-electron chi connectivity index (χ2n) is 5.03. The first-order valence-electron chi connectivity index (χ1n) is 7.58. The van der Waals surface area contributed by atoms with Crippen molar-refractivity contribution in [2.45, 2.75) is 41.0 Å². The van der Waals surface area contributed by atoms with E-state index in [1.165, 1.54) is 0 Å². The number of aryl methyl sites for hydroxylation is 2. The Kier molecular flexibility index (Phi) is 6.46. The Bertz CT molecular complexity index is 490. The van der Waals surface area contributed by atoms with Crippen LogP contribution in [0.15, 0.2) is 10.5 Å². The molecule has 0 aliphatic rings. The lowest BCUT2D eigenvalue weighted by Crippen LogP contribution is -2.37. The number of hydrogen-bond donors (Lipinski definition) is 0. The Morgan fingerprint density at radius 1 is 1.05 bits per heavy atom. The van der Waals surface area contributed by atoms with Gasteiger partial charge in [-0.3, -0.25) is 9.59 Å². The number of rotatable bonds is 7. The van der Waals surface area contributed by atoms with Crippen molar-refractivity contribution in [3.63, 3.8) is 0 Å². The summed E-state index contributed by atoms with van der Waals surface area (Å²) in [4.78, 5) is 28.0. The maximum absolute atomic E-state index is 12.5. The van der Waals surface area contributed by atoms with E-state index in [9.17, 15) is 9.59 Å². The first-order valence-corrected chi connectivity index (χ1v) is 7.58. The number of carbonyl (C=O) groups excluding carboxylic acids is 2. The van der Waals surface area contributed by atoms with Gasteiger partial charge in [0.25, 0.3) is 5.91 Å². The molecule has 5 heteroatoms. The Morgan fingerprint density at radius 2 is 1.62 bits per heavy atom. The number of furan rings is 1. The quantitative estimate of drug-likeness (QED) is 0.776. The predicted octanol–water partition coefficient (Wildman–Crippen LogP) is 2.62. The minimum Gasteiger partial charge on any atom is -0.466 e. The van der Waals surface area contributed by atoms with Crippen molar-refractivity contribution >= 4 is 11.8 Å². The molecule has 0 N–H and O–H groups in total. The topological polar surface area (TPSA) is 53.8 Å². The zero-order valence-corrected chi connectivity index (χ0v) is 13.7. The van der Waals surface area contributed by atoms with E-state index in [2.05, 4.69) is 0 Å². The molecule has 0 radical (unpaired) electrons. The number of carbonyl (C=O) groups is 2. The van der Waals surface area contributed by atoms with Gasteiger partial charge in [0, 0.05) is 32.6 Å². The third-order valence-electron chi connectivity index (χ3n) is 3.65. The molecule has 0 unspecified atom stereocenters. The highest BCUT2D eigenvalue weighted by Gasteiger charge is 2.20. The van der Waals surface area contributed by atoms with E-state index in [0.717, 1.165) is 5.76 Å². The fraction of sp³-hybridized carbons (Fsp3) is 0.625. The van der Waals surface area contributed by atoms with Gasteiger partial charge < -0.3 is 14.2 Å². The van der Waals surface area contributed by atoms with Gasteiger partial charge in [-0.2, -0.15) is 0 Å². The summed E-state index contributed by atoms with van der Waals surface area (Å²) < 4.78 is 5.41. The molecule has 5 nitrogen and oxygen atoms in total. The minimum absolute atomic E-state index is 0.0702. The van der Waals surface area contributed by atoms with Crippen molar-refractivity contribution in [2.75, 3.05) is 26.2 Å². The Balaban J connectivity index is 2.69. The van der Waals surface area contributed by atoms with Crippen molar-refractivity contribution in [2.24, 2.45) is 0 Å².